The quantitative estimate of drug-likeness (QED) is 0.438. The van der Waals surface area contributed by atoms with Crippen LogP contribution in [0.4, 0.5) is 0 Å². The van der Waals surface area contributed by atoms with E-state index in [9.17, 15) is 16.8 Å². The van der Waals surface area contributed by atoms with Gasteiger partial charge in [0.1, 0.15) is 0 Å². The first-order valence-corrected chi connectivity index (χ1v) is 17.0. The number of hydrogen-bond acceptors (Lipinski definition) is 5. The molecule has 7 nitrogen and oxygen atoms in total. The van der Waals surface area contributed by atoms with Crippen molar-refractivity contribution in [3.63, 3.8) is 0 Å². The van der Waals surface area contributed by atoms with Gasteiger partial charge in [-0.05, 0) is 63.0 Å². The smallest absolute Gasteiger partial charge is 0.243 e. The predicted octanol–water partition coefficient (Wildman–Crippen LogP) is 4.92. The Morgan fingerprint density at radius 2 is 1.45 bits per heavy atom. The highest BCUT2D eigenvalue weighted by Crippen LogP contribution is 2.23. The Bertz CT molecular complexity index is 1420. The Labute approximate surface area is 244 Å². The van der Waals surface area contributed by atoms with Gasteiger partial charge in [0.2, 0.25) is 20.0 Å². The number of sulfonamides is 2. The first-order valence-electron chi connectivity index (χ1n) is 13.7. The van der Waals surface area contributed by atoms with Crippen LogP contribution in [0.25, 0.3) is 0 Å². The van der Waals surface area contributed by atoms with Crippen molar-refractivity contribution >= 4 is 31.6 Å². The monoisotopic (exact) mass is 603 g/mol. The number of nitrogens with zero attached hydrogens (tertiary/aromatic N) is 3. The first-order chi connectivity index (χ1) is 19.2. The predicted molar refractivity (Wildman–Crippen MR) is 162 cm³/mol. The molecule has 1 heterocycles. The molecule has 0 bridgehead atoms. The minimum absolute atomic E-state index is 0.171. The van der Waals surface area contributed by atoms with Crippen molar-refractivity contribution in [2.24, 2.45) is 0 Å². The van der Waals surface area contributed by atoms with Gasteiger partial charge in [-0.1, -0.05) is 83.9 Å². The average Bonchev–Trinajstić information content (AvgIpc) is 2.95. The van der Waals surface area contributed by atoms with E-state index in [1.165, 1.54) is 8.61 Å². The molecule has 0 saturated carbocycles. The van der Waals surface area contributed by atoms with Gasteiger partial charge in [0.15, 0.2) is 0 Å². The molecule has 0 N–H and O–H groups in total. The van der Waals surface area contributed by atoms with E-state index in [0.29, 0.717) is 57.0 Å². The maximum Gasteiger partial charge on any atom is 0.243 e. The Morgan fingerprint density at radius 1 is 0.825 bits per heavy atom. The van der Waals surface area contributed by atoms with Crippen LogP contribution in [0, 0.1) is 6.92 Å². The van der Waals surface area contributed by atoms with Gasteiger partial charge in [-0.15, -0.1) is 0 Å². The molecule has 1 atom stereocenters. The Hall–Kier alpha value is -2.27. The molecule has 216 valence electrons. The normalized spacial score (nSPS) is 22.1. The number of halogens is 1. The van der Waals surface area contributed by atoms with E-state index in [1.54, 1.807) is 54.6 Å². The lowest BCUT2D eigenvalue weighted by molar-refractivity contribution is 0.243. The zero-order chi connectivity index (χ0) is 28.6. The van der Waals surface area contributed by atoms with Crippen molar-refractivity contribution < 1.29 is 16.8 Å². The minimum atomic E-state index is -3.71. The average molecular weight is 604 g/mol. The SMILES string of the molecule is Cc1ccc(S(=O)(=O)N2C/C=C\CN(S(=O)(=O)C3C=CC(Cl)=CC3)CCCN(Cc3ccccc3)CCC2)cc1. The Balaban J connectivity index is 1.58. The molecule has 0 fully saturated rings. The van der Waals surface area contributed by atoms with Gasteiger partial charge >= 0.3 is 0 Å². The van der Waals surface area contributed by atoms with Crippen molar-refractivity contribution in [3.05, 3.63) is 101 Å². The van der Waals surface area contributed by atoms with Gasteiger partial charge in [0.25, 0.3) is 0 Å². The van der Waals surface area contributed by atoms with E-state index in [1.807, 2.05) is 25.1 Å². The van der Waals surface area contributed by atoms with E-state index in [-0.39, 0.29) is 18.0 Å². The molecule has 0 radical (unpaired) electrons. The number of rotatable bonds is 6. The van der Waals surface area contributed by atoms with Crippen molar-refractivity contribution in [3.8, 4) is 0 Å². The Kier molecular flexibility index (Phi) is 10.8. The fourth-order valence-corrected chi connectivity index (χ4v) is 8.18. The van der Waals surface area contributed by atoms with Crippen LogP contribution < -0.4 is 0 Å². The standard InChI is InChI=1S/C30H38ClN3O4S2/c1-26-11-15-29(16-12-26)39(35,36)33-21-5-6-22-34(40(37,38)30-17-13-28(31)14-18-30)24-8-20-32(19-7-23-33)25-27-9-3-2-4-10-27/h2-6,9-17,30H,7-8,18-25H2,1H3/b6-5-. The van der Waals surface area contributed by atoms with E-state index < -0.39 is 25.3 Å². The molecule has 10 heteroatoms. The van der Waals surface area contributed by atoms with E-state index in [4.69, 9.17) is 11.6 Å². The summed E-state index contributed by atoms with van der Waals surface area (Å²) in [6, 6.07) is 17.0. The molecule has 0 amide bonds. The summed E-state index contributed by atoms with van der Waals surface area (Å²) in [5.41, 5.74) is 2.16. The van der Waals surface area contributed by atoms with Crippen LogP contribution >= 0.6 is 11.6 Å². The summed E-state index contributed by atoms with van der Waals surface area (Å²) in [6.07, 6.45) is 10.2. The fraction of sp³-hybridized carbons (Fsp3) is 0.400. The van der Waals surface area contributed by atoms with Gasteiger partial charge in [-0.25, -0.2) is 16.8 Å². The summed E-state index contributed by atoms with van der Waals surface area (Å²) in [4.78, 5) is 2.54. The summed E-state index contributed by atoms with van der Waals surface area (Å²) in [6.45, 7) is 5.13. The molecular weight excluding hydrogens is 566 g/mol. The second-order valence-electron chi connectivity index (χ2n) is 10.2. The maximum atomic E-state index is 13.6. The summed E-state index contributed by atoms with van der Waals surface area (Å²) < 4.78 is 57.3. The third-order valence-corrected chi connectivity index (χ3v) is 11.5. The van der Waals surface area contributed by atoms with Crippen LogP contribution in [-0.2, 0) is 26.6 Å². The third kappa shape index (κ3) is 8.15. The fourth-order valence-electron chi connectivity index (χ4n) is 4.92. The summed E-state index contributed by atoms with van der Waals surface area (Å²) in [5.74, 6) is 0. The molecular formula is C30H38ClN3O4S2. The van der Waals surface area contributed by atoms with Gasteiger partial charge < -0.3 is 0 Å². The van der Waals surface area contributed by atoms with Crippen LogP contribution in [0.2, 0.25) is 0 Å². The molecule has 4 rings (SSSR count). The molecule has 1 unspecified atom stereocenters. The lowest BCUT2D eigenvalue weighted by atomic mass is 10.2. The van der Waals surface area contributed by atoms with Crippen molar-refractivity contribution in [1.82, 2.24) is 13.5 Å². The molecule has 1 aliphatic carbocycles. The minimum Gasteiger partial charge on any atom is -0.299 e. The topological polar surface area (TPSA) is 78.0 Å². The van der Waals surface area contributed by atoms with Gasteiger partial charge in [0.05, 0.1) is 10.1 Å². The number of benzene rings is 2. The number of hydrogen-bond donors (Lipinski definition) is 0. The molecule has 1 aliphatic heterocycles. The van der Waals surface area contributed by atoms with E-state index in [0.717, 1.165) is 11.1 Å². The highest BCUT2D eigenvalue weighted by molar-refractivity contribution is 7.90. The molecule has 2 aromatic carbocycles. The molecule has 0 saturated heterocycles. The van der Waals surface area contributed by atoms with Gasteiger partial charge in [-0.3, -0.25) is 4.90 Å². The van der Waals surface area contributed by atoms with Crippen LogP contribution in [0.3, 0.4) is 0 Å². The summed E-state index contributed by atoms with van der Waals surface area (Å²) in [7, 11) is -7.34. The zero-order valence-electron chi connectivity index (χ0n) is 22.9. The highest BCUT2D eigenvalue weighted by atomic mass is 35.5. The summed E-state index contributed by atoms with van der Waals surface area (Å²) >= 11 is 6.03. The summed E-state index contributed by atoms with van der Waals surface area (Å²) in [5, 5.41) is -0.124. The van der Waals surface area contributed by atoms with Crippen molar-refractivity contribution in [2.75, 3.05) is 39.3 Å². The van der Waals surface area contributed by atoms with E-state index in [2.05, 4.69) is 17.0 Å². The first kappa shape index (κ1) is 30.7. The van der Waals surface area contributed by atoms with Gasteiger partial charge in [-0.2, -0.15) is 8.61 Å². The highest BCUT2D eigenvalue weighted by Gasteiger charge is 2.30. The lowest BCUT2D eigenvalue weighted by Gasteiger charge is -2.28. The molecule has 0 aromatic heterocycles. The molecule has 2 aliphatic rings. The zero-order valence-corrected chi connectivity index (χ0v) is 25.3. The van der Waals surface area contributed by atoms with Crippen molar-refractivity contribution in [2.45, 2.75) is 42.9 Å². The second kappa shape index (κ2) is 14.1. The molecule has 40 heavy (non-hydrogen) atoms. The van der Waals surface area contributed by atoms with Crippen LogP contribution in [-0.4, -0.2) is 74.9 Å². The van der Waals surface area contributed by atoms with Crippen LogP contribution in [0.5, 0.6) is 0 Å². The number of aryl methyl sites for hydroxylation is 1. The number of allylic oxidation sites excluding steroid dienone is 3. The third-order valence-electron chi connectivity index (χ3n) is 7.21. The molecule has 2 aromatic rings. The lowest BCUT2D eigenvalue weighted by Crippen LogP contribution is -2.40. The second-order valence-corrected chi connectivity index (χ2v) is 14.8. The largest absolute Gasteiger partial charge is 0.299 e. The van der Waals surface area contributed by atoms with E-state index >= 15 is 0 Å². The van der Waals surface area contributed by atoms with Crippen molar-refractivity contribution in [1.29, 1.82) is 0 Å². The van der Waals surface area contributed by atoms with Crippen LogP contribution in [0.15, 0.2) is 94.9 Å². The Morgan fingerprint density at radius 3 is 2.08 bits per heavy atom. The van der Waals surface area contributed by atoms with Crippen LogP contribution in [0.1, 0.15) is 30.4 Å². The van der Waals surface area contributed by atoms with Gasteiger partial charge in [0, 0.05) is 37.8 Å². The molecule has 0 spiro atoms. The maximum absolute atomic E-state index is 13.6.